The quantitative estimate of drug-likeness (QED) is 0.337. The van der Waals surface area contributed by atoms with Gasteiger partial charge < -0.3 is 10.1 Å². The first-order valence-corrected chi connectivity index (χ1v) is 12.4. The second-order valence-corrected chi connectivity index (χ2v) is 10.1. The lowest BCUT2D eigenvalue weighted by Gasteiger charge is -2.21. The van der Waals surface area contributed by atoms with Crippen molar-refractivity contribution in [1.82, 2.24) is 10.0 Å². The summed E-state index contributed by atoms with van der Waals surface area (Å²) in [6.07, 6.45) is -5.74. The highest BCUT2D eigenvalue weighted by Gasteiger charge is 2.43. The monoisotopic (exact) mass is 508 g/mol. The van der Waals surface area contributed by atoms with Crippen LogP contribution in [0.2, 0.25) is 5.02 Å². The molecule has 2 aromatic carbocycles. The van der Waals surface area contributed by atoms with E-state index >= 15 is 0 Å². The number of alkyl halides is 3. The molecule has 1 unspecified atom stereocenters. The third kappa shape index (κ3) is 6.16. The summed E-state index contributed by atoms with van der Waals surface area (Å²) < 4.78 is 69.9. The summed E-state index contributed by atoms with van der Waals surface area (Å²) in [5.74, 6) is -1.92. The molecular weight excluding hydrogens is 489 g/mol. The summed E-state index contributed by atoms with van der Waals surface area (Å²) in [5, 5.41) is 3.36. The van der Waals surface area contributed by atoms with Crippen molar-refractivity contribution in [2.24, 2.45) is 0 Å². The average Bonchev–Trinajstić information content (AvgIpc) is 2.94. The van der Waals surface area contributed by atoms with Crippen LogP contribution in [-0.2, 0) is 26.0 Å². The molecule has 0 spiro atoms. The fraction of sp³-hybridized carbons (Fsp3) is 0.350. The molecule has 0 fully saturated rings. The van der Waals surface area contributed by atoms with Crippen LogP contribution in [0.3, 0.4) is 0 Å². The Hall–Kier alpha value is -1.79. The maximum Gasteiger partial charge on any atom is 0.490 e. The highest BCUT2D eigenvalue weighted by atomic mass is 35.5. The lowest BCUT2D eigenvalue weighted by atomic mass is 10.0. The van der Waals surface area contributed by atoms with Gasteiger partial charge in [0.2, 0.25) is 10.0 Å². The van der Waals surface area contributed by atoms with Crippen LogP contribution < -0.4 is 10.0 Å². The van der Waals surface area contributed by atoms with Gasteiger partial charge in [-0.2, -0.15) is 13.2 Å². The molecule has 0 aliphatic carbocycles. The topological polar surface area (TPSA) is 84.5 Å². The van der Waals surface area contributed by atoms with Gasteiger partial charge >= 0.3 is 12.1 Å². The molecule has 0 radical (unpaired) electrons. The van der Waals surface area contributed by atoms with Crippen LogP contribution in [0.25, 0.3) is 0 Å². The van der Waals surface area contributed by atoms with Gasteiger partial charge in [0.15, 0.2) is 0 Å². The molecule has 0 saturated carbocycles. The van der Waals surface area contributed by atoms with E-state index in [1.807, 2.05) is 0 Å². The fourth-order valence-corrected chi connectivity index (χ4v) is 5.73. The van der Waals surface area contributed by atoms with Crippen molar-refractivity contribution in [2.75, 3.05) is 25.4 Å². The van der Waals surface area contributed by atoms with E-state index in [0.717, 1.165) is 0 Å². The highest BCUT2D eigenvalue weighted by Crippen LogP contribution is 2.37. The van der Waals surface area contributed by atoms with E-state index in [2.05, 4.69) is 10.0 Å². The highest BCUT2D eigenvalue weighted by molar-refractivity contribution is 7.99. The number of carbonyl (C=O) groups is 1. The Morgan fingerprint density at radius 1 is 1.22 bits per heavy atom. The molecule has 2 N–H and O–H groups in total. The van der Waals surface area contributed by atoms with E-state index < -0.39 is 28.3 Å². The van der Waals surface area contributed by atoms with Crippen molar-refractivity contribution in [2.45, 2.75) is 28.5 Å². The van der Waals surface area contributed by atoms with Crippen molar-refractivity contribution in [1.29, 1.82) is 0 Å². The molecule has 0 bridgehead atoms. The minimum absolute atomic E-state index is 0.0391. The normalized spacial score (nSPS) is 16.8. The number of ether oxygens (including phenoxy) is 1. The minimum Gasteiger partial charge on any atom is -0.449 e. The van der Waals surface area contributed by atoms with E-state index in [-0.39, 0.29) is 18.0 Å². The summed E-state index contributed by atoms with van der Waals surface area (Å²) in [4.78, 5) is 12.1. The maximum absolute atomic E-state index is 12.7. The number of thioether (sulfide) groups is 1. The molecule has 2 aromatic rings. The summed E-state index contributed by atoms with van der Waals surface area (Å²) in [5.41, 5.74) is 1.13. The largest absolute Gasteiger partial charge is 0.490 e. The Morgan fingerprint density at radius 3 is 2.62 bits per heavy atom. The van der Waals surface area contributed by atoms with E-state index in [9.17, 15) is 26.4 Å². The van der Waals surface area contributed by atoms with Crippen LogP contribution in [0.1, 0.15) is 17.2 Å². The number of hydrogen-bond acceptors (Lipinski definition) is 6. The molecule has 12 heteroatoms. The Kier molecular flexibility index (Phi) is 8.10. The Bertz CT molecular complexity index is 1070. The molecule has 1 atom stereocenters. The van der Waals surface area contributed by atoms with Crippen LogP contribution in [0, 0.1) is 0 Å². The molecule has 3 rings (SSSR count). The molecule has 0 amide bonds. The third-order valence-electron chi connectivity index (χ3n) is 4.65. The molecule has 6 nitrogen and oxygen atoms in total. The number of carbonyl (C=O) groups excluding carboxylic acids is 1. The van der Waals surface area contributed by atoms with Crippen molar-refractivity contribution >= 4 is 39.4 Å². The Balaban J connectivity index is 1.72. The van der Waals surface area contributed by atoms with Gasteiger partial charge in [0.1, 0.15) is 6.10 Å². The molecule has 1 aliphatic rings. The van der Waals surface area contributed by atoms with Gasteiger partial charge in [-0.15, -0.1) is 11.8 Å². The number of benzene rings is 2. The van der Waals surface area contributed by atoms with E-state index in [4.69, 9.17) is 16.3 Å². The van der Waals surface area contributed by atoms with Gasteiger partial charge in [0.25, 0.3) is 0 Å². The second-order valence-electron chi connectivity index (χ2n) is 6.85. The predicted molar refractivity (Wildman–Crippen MR) is 115 cm³/mol. The summed E-state index contributed by atoms with van der Waals surface area (Å²) in [7, 11) is -3.65. The molecule has 0 saturated heterocycles. The first-order chi connectivity index (χ1) is 15.1. The molecule has 1 heterocycles. The molecule has 1 aliphatic heterocycles. The van der Waals surface area contributed by atoms with Crippen LogP contribution in [0.15, 0.2) is 52.3 Å². The van der Waals surface area contributed by atoms with E-state index in [1.54, 1.807) is 24.3 Å². The van der Waals surface area contributed by atoms with Crippen molar-refractivity contribution < 1.29 is 31.1 Å². The number of esters is 1. The smallest absolute Gasteiger partial charge is 0.449 e. The van der Waals surface area contributed by atoms with Crippen molar-refractivity contribution in [3.05, 3.63) is 58.6 Å². The first kappa shape index (κ1) is 24.8. The average molecular weight is 509 g/mol. The molecular formula is C20H20ClF3N2O4S2. The lowest BCUT2D eigenvalue weighted by Crippen LogP contribution is -2.30. The zero-order valence-electron chi connectivity index (χ0n) is 16.6. The molecule has 174 valence electrons. The fourth-order valence-electron chi connectivity index (χ4n) is 3.20. The van der Waals surface area contributed by atoms with E-state index in [1.165, 1.54) is 30.0 Å². The number of nitrogens with one attached hydrogen (secondary N) is 2. The Morgan fingerprint density at radius 2 is 1.94 bits per heavy atom. The zero-order chi connectivity index (χ0) is 23.4. The second kappa shape index (κ2) is 10.4. The van der Waals surface area contributed by atoms with Gasteiger partial charge in [-0.3, -0.25) is 0 Å². The van der Waals surface area contributed by atoms with Crippen LogP contribution >= 0.6 is 23.4 Å². The summed E-state index contributed by atoms with van der Waals surface area (Å²) >= 11 is 7.62. The summed E-state index contributed by atoms with van der Waals surface area (Å²) in [6, 6.07) is 11.0. The molecule has 32 heavy (non-hydrogen) atoms. The predicted octanol–water partition coefficient (Wildman–Crippen LogP) is 3.70. The Labute approximate surface area is 192 Å². The van der Waals surface area contributed by atoms with Crippen molar-refractivity contribution in [3.63, 3.8) is 0 Å². The molecule has 0 aromatic heterocycles. The number of rotatable bonds is 7. The lowest BCUT2D eigenvalue weighted by molar-refractivity contribution is -0.205. The number of sulfonamides is 1. The standard InChI is InChI=1S/C20H20ClF3N2O4S2/c21-16-7-6-14-15(8-9-25-12-17(14)30-19(27)20(22,23)24)18(16)31-11-10-26-32(28,29)13-4-2-1-3-5-13/h1-7,17,25-26H,8-12H2. The van der Waals surface area contributed by atoms with Gasteiger partial charge in [-0.05, 0) is 42.3 Å². The third-order valence-corrected chi connectivity index (χ3v) is 7.72. The number of fused-ring (bicyclic) bond motifs is 1. The maximum atomic E-state index is 12.7. The van der Waals surface area contributed by atoms with Crippen LogP contribution in [0.4, 0.5) is 13.2 Å². The van der Waals surface area contributed by atoms with Gasteiger partial charge in [0, 0.05) is 23.7 Å². The zero-order valence-corrected chi connectivity index (χ0v) is 19.0. The first-order valence-electron chi connectivity index (χ1n) is 9.57. The SMILES string of the molecule is O=C(OC1CNCCc2c1ccc(Cl)c2SCCNS(=O)(=O)c1ccccc1)C(F)(F)F. The number of halogens is 4. The van der Waals surface area contributed by atoms with Gasteiger partial charge in [0.05, 0.1) is 9.92 Å². The van der Waals surface area contributed by atoms with Gasteiger partial charge in [-0.1, -0.05) is 35.9 Å². The van der Waals surface area contributed by atoms with Crippen LogP contribution in [-0.4, -0.2) is 46.0 Å². The van der Waals surface area contributed by atoms with E-state index in [0.29, 0.717) is 39.8 Å². The summed E-state index contributed by atoms with van der Waals surface area (Å²) in [6.45, 7) is 0.617. The van der Waals surface area contributed by atoms with Crippen LogP contribution in [0.5, 0.6) is 0 Å². The minimum atomic E-state index is -5.09. The van der Waals surface area contributed by atoms with Gasteiger partial charge in [-0.25, -0.2) is 17.9 Å². The number of hydrogen-bond donors (Lipinski definition) is 2. The van der Waals surface area contributed by atoms with Crippen molar-refractivity contribution in [3.8, 4) is 0 Å².